The van der Waals surface area contributed by atoms with E-state index >= 15 is 0 Å². The van der Waals surface area contributed by atoms with Crippen LogP contribution in [0.15, 0.2) is 24.3 Å². The number of unbranched alkanes of at least 4 members (excludes halogenated alkanes) is 4. The molecule has 0 aliphatic rings. The summed E-state index contributed by atoms with van der Waals surface area (Å²) in [4.78, 5) is 0. The maximum Gasteiger partial charge on any atom is 0 e. The average molecular weight is 241 g/mol. The second-order valence-electron chi connectivity index (χ2n) is 4.15. The van der Waals surface area contributed by atoms with Gasteiger partial charge in [0.1, 0.15) is 0 Å². The molecule has 0 unspecified atom stereocenters. The number of hydrogen-bond acceptors (Lipinski definition) is 0. The van der Waals surface area contributed by atoms with Gasteiger partial charge >= 0.3 is 0 Å². The Labute approximate surface area is 106 Å². The summed E-state index contributed by atoms with van der Waals surface area (Å²) in [6, 6.07) is 8.88. The molecule has 15 heavy (non-hydrogen) atoms. The topological polar surface area (TPSA) is 0 Å². The van der Waals surface area contributed by atoms with Crippen LogP contribution in [-0.2, 0) is 25.0 Å². The van der Waals surface area contributed by atoms with Crippen molar-refractivity contribution < 1.29 is 18.6 Å². The zero-order valence-corrected chi connectivity index (χ0v) is 11.4. The van der Waals surface area contributed by atoms with Gasteiger partial charge in [0.15, 0.2) is 0 Å². The second-order valence-corrected chi connectivity index (χ2v) is 4.15. The van der Waals surface area contributed by atoms with Gasteiger partial charge in [-0.25, -0.2) is 0 Å². The zero-order valence-electron chi connectivity index (χ0n) is 10.00. The molecule has 0 atom stereocenters. The Balaban J connectivity index is 0.00000196. The molecular formula is C14H22V. The van der Waals surface area contributed by atoms with Crippen LogP contribution in [0.3, 0.4) is 0 Å². The number of rotatable bonds is 6. The molecule has 0 spiro atoms. The van der Waals surface area contributed by atoms with E-state index in [2.05, 4.69) is 38.1 Å². The Morgan fingerprint density at radius 2 is 1.73 bits per heavy atom. The van der Waals surface area contributed by atoms with Crippen molar-refractivity contribution in [1.29, 1.82) is 0 Å². The molecule has 1 radical (unpaired) electrons. The summed E-state index contributed by atoms with van der Waals surface area (Å²) >= 11 is 0. The van der Waals surface area contributed by atoms with E-state index in [0.29, 0.717) is 0 Å². The summed E-state index contributed by atoms with van der Waals surface area (Å²) in [5.41, 5.74) is 2.89. The molecule has 0 saturated heterocycles. The minimum atomic E-state index is 0. The predicted octanol–water partition coefficient (Wildman–Crippen LogP) is 4.51. The van der Waals surface area contributed by atoms with E-state index < -0.39 is 0 Å². The van der Waals surface area contributed by atoms with E-state index in [1.54, 1.807) is 0 Å². The molecule has 83 valence electrons. The smallest absolute Gasteiger partial charge is 0 e. The van der Waals surface area contributed by atoms with Crippen LogP contribution in [0, 0.1) is 6.92 Å². The Hall–Kier alpha value is -0.196. The van der Waals surface area contributed by atoms with Crippen LogP contribution in [0.1, 0.15) is 50.2 Å². The fourth-order valence-electron chi connectivity index (χ4n) is 1.80. The molecule has 0 bridgehead atoms. The van der Waals surface area contributed by atoms with Crippen molar-refractivity contribution in [3.8, 4) is 0 Å². The fourth-order valence-corrected chi connectivity index (χ4v) is 1.80. The van der Waals surface area contributed by atoms with Gasteiger partial charge in [-0.05, 0) is 25.3 Å². The van der Waals surface area contributed by atoms with E-state index in [0.717, 1.165) is 0 Å². The minimum Gasteiger partial charge on any atom is -0.0654 e. The Morgan fingerprint density at radius 1 is 1.00 bits per heavy atom. The van der Waals surface area contributed by atoms with Crippen molar-refractivity contribution in [2.75, 3.05) is 0 Å². The third-order valence-corrected chi connectivity index (χ3v) is 2.65. The van der Waals surface area contributed by atoms with Crippen molar-refractivity contribution in [3.63, 3.8) is 0 Å². The van der Waals surface area contributed by atoms with E-state index in [1.807, 2.05) is 0 Å². The molecule has 0 nitrogen and oxygen atoms in total. The molecule has 0 N–H and O–H groups in total. The van der Waals surface area contributed by atoms with Crippen LogP contribution in [-0.4, -0.2) is 0 Å². The summed E-state index contributed by atoms with van der Waals surface area (Å²) < 4.78 is 0. The molecule has 1 rings (SSSR count). The predicted molar refractivity (Wildman–Crippen MR) is 63.6 cm³/mol. The Kier molecular flexibility index (Phi) is 8.94. The van der Waals surface area contributed by atoms with Gasteiger partial charge in [-0.3, -0.25) is 0 Å². The van der Waals surface area contributed by atoms with Gasteiger partial charge in [0, 0.05) is 18.6 Å². The van der Waals surface area contributed by atoms with Crippen LogP contribution in [0.2, 0.25) is 0 Å². The molecule has 0 aromatic heterocycles. The van der Waals surface area contributed by atoms with Crippen molar-refractivity contribution in [1.82, 2.24) is 0 Å². The third-order valence-electron chi connectivity index (χ3n) is 2.65. The summed E-state index contributed by atoms with van der Waals surface area (Å²) in [5, 5.41) is 0. The van der Waals surface area contributed by atoms with Gasteiger partial charge in [-0.1, -0.05) is 62.4 Å². The number of aryl methyl sites for hydroxylation is 2. The standard InChI is InChI=1S/C14H22.V/c1-3-4-5-6-7-10-14-11-8-9-13(2)12-14;/h8-9,11-12H,3-7,10H2,1-2H3;. The van der Waals surface area contributed by atoms with E-state index in [4.69, 9.17) is 0 Å². The molecule has 0 amide bonds. The first kappa shape index (κ1) is 14.8. The van der Waals surface area contributed by atoms with E-state index in [9.17, 15) is 0 Å². The van der Waals surface area contributed by atoms with Gasteiger partial charge in [0.2, 0.25) is 0 Å². The van der Waals surface area contributed by atoms with Crippen LogP contribution in [0.25, 0.3) is 0 Å². The number of hydrogen-bond donors (Lipinski definition) is 0. The summed E-state index contributed by atoms with van der Waals surface area (Å²) in [6.07, 6.45) is 8.14. The van der Waals surface area contributed by atoms with Gasteiger partial charge in [0.25, 0.3) is 0 Å². The monoisotopic (exact) mass is 241 g/mol. The molecule has 0 aliphatic carbocycles. The first-order valence-electron chi connectivity index (χ1n) is 5.88. The van der Waals surface area contributed by atoms with Crippen molar-refractivity contribution in [3.05, 3.63) is 35.4 Å². The molecule has 1 aromatic carbocycles. The molecule has 1 heteroatoms. The average Bonchev–Trinajstić information content (AvgIpc) is 2.18. The van der Waals surface area contributed by atoms with Crippen LogP contribution >= 0.6 is 0 Å². The Bertz CT molecular complexity index is 255. The van der Waals surface area contributed by atoms with Gasteiger partial charge in [0.05, 0.1) is 0 Å². The summed E-state index contributed by atoms with van der Waals surface area (Å²) in [7, 11) is 0. The van der Waals surface area contributed by atoms with Crippen molar-refractivity contribution in [2.45, 2.75) is 52.4 Å². The first-order valence-corrected chi connectivity index (χ1v) is 5.88. The normalized spacial score (nSPS) is 9.73. The second kappa shape index (κ2) is 9.06. The van der Waals surface area contributed by atoms with E-state index in [-0.39, 0.29) is 18.6 Å². The fraction of sp³-hybridized carbons (Fsp3) is 0.571. The van der Waals surface area contributed by atoms with Crippen molar-refractivity contribution >= 4 is 0 Å². The molecule has 0 saturated carbocycles. The minimum absolute atomic E-state index is 0. The van der Waals surface area contributed by atoms with E-state index in [1.165, 1.54) is 49.7 Å². The maximum absolute atomic E-state index is 2.31. The molecule has 0 fully saturated rings. The quantitative estimate of drug-likeness (QED) is 0.643. The Morgan fingerprint density at radius 3 is 2.40 bits per heavy atom. The summed E-state index contributed by atoms with van der Waals surface area (Å²) in [6.45, 7) is 4.43. The maximum atomic E-state index is 2.31. The van der Waals surface area contributed by atoms with Crippen LogP contribution in [0.4, 0.5) is 0 Å². The van der Waals surface area contributed by atoms with Crippen molar-refractivity contribution in [2.24, 2.45) is 0 Å². The van der Waals surface area contributed by atoms with Gasteiger partial charge in [-0.15, -0.1) is 0 Å². The van der Waals surface area contributed by atoms with Crippen LogP contribution < -0.4 is 0 Å². The first-order chi connectivity index (χ1) is 6.83. The largest absolute Gasteiger partial charge is 0.0654 e. The number of benzene rings is 1. The molecule has 0 aliphatic heterocycles. The molecular weight excluding hydrogens is 219 g/mol. The van der Waals surface area contributed by atoms with Crippen LogP contribution in [0.5, 0.6) is 0 Å². The molecule has 1 aromatic rings. The van der Waals surface area contributed by atoms with Gasteiger partial charge < -0.3 is 0 Å². The molecule has 0 heterocycles. The van der Waals surface area contributed by atoms with Gasteiger partial charge in [-0.2, -0.15) is 0 Å². The zero-order chi connectivity index (χ0) is 10.2. The summed E-state index contributed by atoms with van der Waals surface area (Å²) in [5.74, 6) is 0. The SMILES string of the molecule is CCCCCCCc1cccc(C)c1.[V]. The third kappa shape index (κ3) is 6.81.